The van der Waals surface area contributed by atoms with Crippen molar-refractivity contribution in [1.29, 1.82) is 0 Å². The summed E-state index contributed by atoms with van der Waals surface area (Å²) in [6.45, 7) is 5.36. The Morgan fingerprint density at radius 2 is 2.14 bits per heavy atom. The molecule has 0 aliphatic carbocycles. The molecule has 0 aliphatic heterocycles. The summed E-state index contributed by atoms with van der Waals surface area (Å²) in [7, 11) is 0. The molecule has 1 aromatic carbocycles. The molecule has 0 aliphatic rings. The van der Waals surface area contributed by atoms with Crippen LogP contribution in [0.2, 0.25) is 0 Å². The van der Waals surface area contributed by atoms with E-state index in [2.05, 4.69) is 0 Å². The maximum absolute atomic E-state index is 13.4. The van der Waals surface area contributed by atoms with Crippen LogP contribution in [0, 0.1) is 12.7 Å². The lowest BCUT2D eigenvalue weighted by atomic mass is 10.0. The largest absolute Gasteiger partial charge is 0.494 e. The normalized spacial score (nSPS) is 10.0. The van der Waals surface area contributed by atoms with Crippen molar-refractivity contribution >= 4 is 5.78 Å². The molecule has 1 aromatic rings. The zero-order valence-corrected chi connectivity index (χ0v) is 8.56. The number of ether oxygens (including phenoxy) is 1. The monoisotopic (exact) mass is 196 g/mol. The van der Waals surface area contributed by atoms with E-state index in [9.17, 15) is 9.18 Å². The highest BCUT2D eigenvalue weighted by Crippen LogP contribution is 2.21. The van der Waals surface area contributed by atoms with Crippen LogP contribution in [0.1, 0.15) is 29.8 Å². The SMILES string of the molecule is CCOc1cc(C)c(C(C)=O)c(F)c1. The number of hydrogen-bond acceptors (Lipinski definition) is 2. The average Bonchev–Trinajstić information content (AvgIpc) is 2.01. The summed E-state index contributed by atoms with van der Waals surface area (Å²) in [6.07, 6.45) is 0. The second-order valence-electron chi connectivity index (χ2n) is 3.09. The van der Waals surface area contributed by atoms with Crippen LogP contribution in [0.15, 0.2) is 12.1 Å². The molecule has 0 bridgehead atoms. The summed E-state index contributed by atoms with van der Waals surface area (Å²) in [6, 6.07) is 2.91. The molecule has 2 nitrogen and oxygen atoms in total. The molecule has 76 valence electrons. The van der Waals surface area contributed by atoms with Crippen LogP contribution >= 0.6 is 0 Å². The van der Waals surface area contributed by atoms with E-state index in [-0.39, 0.29) is 11.3 Å². The van der Waals surface area contributed by atoms with Gasteiger partial charge in [-0.05, 0) is 32.4 Å². The fourth-order valence-corrected chi connectivity index (χ4v) is 1.41. The van der Waals surface area contributed by atoms with Crippen LogP contribution in [0.25, 0.3) is 0 Å². The van der Waals surface area contributed by atoms with E-state index in [1.54, 1.807) is 13.0 Å². The lowest BCUT2D eigenvalue weighted by Crippen LogP contribution is -2.02. The van der Waals surface area contributed by atoms with Gasteiger partial charge in [0.15, 0.2) is 5.78 Å². The zero-order chi connectivity index (χ0) is 10.7. The third kappa shape index (κ3) is 2.10. The summed E-state index contributed by atoms with van der Waals surface area (Å²) in [5.41, 5.74) is 0.759. The van der Waals surface area contributed by atoms with E-state index in [0.29, 0.717) is 17.9 Å². The Kier molecular flexibility index (Phi) is 3.23. The number of benzene rings is 1. The Morgan fingerprint density at radius 3 is 2.57 bits per heavy atom. The van der Waals surface area contributed by atoms with Gasteiger partial charge in [0.05, 0.1) is 12.2 Å². The van der Waals surface area contributed by atoms with Gasteiger partial charge in [-0.1, -0.05) is 0 Å². The maximum Gasteiger partial charge on any atom is 0.163 e. The zero-order valence-electron chi connectivity index (χ0n) is 8.56. The molecule has 14 heavy (non-hydrogen) atoms. The molecular formula is C11H13FO2. The van der Waals surface area contributed by atoms with Crippen molar-refractivity contribution in [2.24, 2.45) is 0 Å². The summed E-state index contributed by atoms with van der Waals surface area (Å²) in [5.74, 6) is -0.309. The minimum Gasteiger partial charge on any atom is -0.494 e. The molecule has 0 amide bonds. The van der Waals surface area contributed by atoms with Gasteiger partial charge in [-0.3, -0.25) is 4.79 Å². The Bertz CT molecular complexity index is 335. The average molecular weight is 196 g/mol. The Labute approximate surface area is 82.7 Å². The molecule has 0 saturated heterocycles. The molecule has 0 aromatic heterocycles. The van der Waals surface area contributed by atoms with Gasteiger partial charge in [0, 0.05) is 6.07 Å². The molecule has 0 saturated carbocycles. The number of carbonyl (C=O) groups is 1. The van der Waals surface area contributed by atoms with E-state index in [4.69, 9.17) is 4.74 Å². The van der Waals surface area contributed by atoms with Crippen LogP contribution in [0.4, 0.5) is 4.39 Å². The first-order chi connectivity index (χ1) is 6.56. The highest BCUT2D eigenvalue weighted by molar-refractivity contribution is 5.95. The molecule has 0 atom stereocenters. The van der Waals surface area contributed by atoms with Crippen LogP contribution in [0.3, 0.4) is 0 Å². The number of carbonyl (C=O) groups excluding carboxylic acids is 1. The van der Waals surface area contributed by atoms with Crippen molar-refractivity contribution in [2.75, 3.05) is 6.61 Å². The predicted octanol–water partition coefficient (Wildman–Crippen LogP) is 2.74. The molecule has 0 radical (unpaired) electrons. The van der Waals surface area contributed by atoms with Gasteiger partial charge >= 0.3 is 0 Å². The van der Waals surface area contributed by atoms with Crippen molar-refractivity contribution in [3.8, 4) is 5.75 Å². The highest BCUT2D eigenvalue weighted by Gasteiger charge is 2.12. The Balaban J connectivity index is 3.18. The van der Waals surface area contributed by atoms with E-state index in [0.717, 1.165) is 0 Å². The van der Waals surface area contributed by atoms with Crippen molar-refractivity contribution in [3.63, 3.8) is 0 Å². The number of halogens is 1. The van der Waals surface area contributed by atoms with E-state index in [1.807, 2.05) is 6.92 Å². The van der Waals surface area contributed by atoms with Crippen molar-refractivity contribution in [2.45, 2.75) is 20.8 Å². The highest BCUT2D eigenvalue weighted by atomic mass is 19.1. The van der Waals surface area contributed by atoms with Gasteiger partial charge < -0.3 is 4.74 Å². The molecule has 0 unspecified atom stereocenters. The lowest BCUT2D eigenvalue weighted by molar-refractivity contribution is 0.101. The van der Waals surface area contributed by atoms with Gasteiger partial charge in [0.2, 0.25) is 0 Å². The molecule has 3 heteroatoms. The quantitative estimate of drug-likeness (QED) is 0.695. The van der Waals surface area contributed by atoms with Crippen LogP contribution < -0.4 is 4.74 Å². The third-order valence-electron chi connectivity index (χ3n) is 1.92. The molecule has 0 heterocycles. The smallest absolute Gasteiger partial charge is 0.163 e. The van der Waals surface area contributed by atoms with E-state index in [1.165, 1.54) is 13.0 Å². The van der Waals surface area contributed by atoms with E-state index < -0.39 is 5.82 Å². The number of hydrogen-bond donors (Lipinski definition) is 0. The second-order valence-corrected chi connectivity index (χ2v) is 3.09. The molecule has 1 rings (SSSR count). The van der Waals surface area contributed by atoms with Crippen molar-refractivity contribution in [1.82, 2.24) is 0 Å². The first-order valence-corrected chi connectivity index (χ1v) is 4.50. The third-order valence-corrected chi connectivity index (χ3v) is 1.92. The number of aryl methyl sites for hydroxylation is 1. The number of rotatable bonds is 3. The van der Waals surface area contributed by atoms with Gasteiger partial charge in [0.1, 0.15) is 11.6 Å². The number of Topliss-reactive ketones (excluding diaryl/α,β-unsaturated/α-hetero) is 1. The second kappa shape index (κ2) is 4.22. The standard InChI is InChI=1S/C11H13FO2/c1-4-14-9-5-7(2)11(8(3)13)10(12)6-9/h5-6H,4H2,1-3H3. The van der Waals surface area contributed by atoms with Gasteiger partial charge in [-0.15, -0.1) is 0 Å². The van der Waals surface area contributed by atoms with Crippen molar-refractivity contribution in [3.05, 3.63) is 29.1 Å². The first-order valence-electron chi connectivity index (χ1n) is 4.50. The van der Waals surface area contributed by atoms with E-state index >= 15 is 0 Å². The Morgan fingerprint density at radius 1 is 1.50 bits per heavy atom. The van der Waals surface area contributed by atoms with Crippen LogP contribution in [-0.2, 0) is 0 Å². The topological polar surface area (TPSA) is 26.3 Å². The van der Waals surface area contributed by atoms with Gasteiger partial charge in [0.25, 0.3) is 0 Å². The van der Waals surface area contributed by atoms with Gasteiger partial charge in [-0.25, -0.2) is 4.39 Å². The van der Waals surface area contributed by atoms with Crippen LogP contribution in [-0.4, -0.2) is 12.4 Å². The molecule has 0 N–H and O–H groups in total. The predicted molar refractivity (Wildman–Crippen MR) is 52.3 cm³/mol. The summed E-state index contributed by atoms with van der Waals surface area (Å²) in [4.78, 5) is 11.1. The minimum absolute atomic E-state index is 0.147. The molecule has 0 spiro atoms. The van der Waals surface area contributed by atoms with Crippen molar-refractivity contribution < 1.29 is 13.9 Å². The Hall–Kier alpha value is -1.38. The van der Waals surface area contributed by atoms with Crippen LogP contribution in [0.5, 0.6) is 5.75 Å². The van der Waals surface area contributed by atoms with Gasteiger partial charge in [-0.2, -0.15) is 0 Å². The molecule has 0 fully saturated rings. The fraction of sp³-hybridized carbons (Fsp3) is 0.364. The summed E-state index contributed by atoms with van der Waals surface area (Å²) >= 11 is 0. The molecular weight excluding hydrogens is 183 g/mol. The summed E-state index contributed by atoms with van der Waals surface area (Å²) in [5, 5.41) is 0. The number of ketones is 1. The summed E-state index contributed by atoms with van der Waals surface area (Å²) < 4.78 is 18.5. The maximum atomic E-state index is 13.4. The minimum atomic E-state index is -0.513. The lowest BCUT2D eigenvalue weighted by Gasteiger charge is -2.08. The fourth-order valence-electron chi connectivity index (χ4n) is 1.41. The first kappa shape index (κ1) is 10.7.